The molecule has 2 N–H and O–H groups in total. The molecule has 1 saturated carbocycles. The first-order valence-electron chi connectivity index (χ1n) is 8.43. The lowest BCUT2D eigenvalue weighted by atomic mass is 9.78. The number of fused-ring (bicyclic) bond motifs is 1. The molecule has 3 unspecified atom stereocenters. The predicted octanol–water partition coefficient (Wildman–Crippen LogP) is 2.27. The maximum absolute atomic E-state index is 6.32. The summed E-state index contributed by atoms with van der Waals surface area (Å²) in [6.07, 6.45) is 3.78. The zero-order chi connectivity index (χ0) is 16.4. The van der Waals surface area contributed by atoms with E-state index in [0.717, 1.165) is 37.1 Å². The van der Waals surface area contributed by atoms with E-state index < -0.39 is 0 Å². The van der Waals surface area contributed by atoms with Crippen LogP contribution in [0.5, 0.6) is 17.2 Å². The average Bonchev–Trinajstić information content (AvgIpc) is 2.97. The van der Waals surface area contributed by atoms with Crippen LogP contribution in [0.3, 0.4) is 0 Å². The lowest BCUT2D eigenvalue weighted by Gasteiger charge is -2.29. The first-order valence-corrected chi connectivity index (χ1v) is 8.43. The fourth-order valence-electron chi connectivity index (χ4n) is 4.22. The van der Waals surface area contributed by atoms with Crippen molar-refractivity contribution in [2.45, 2.75) is 31.8 Å². The lowest BCUT2D eigenvalue weighted by Crippen LogP contribution is -2.38. The van der Waals surface area contributed by atoms with Crippen LogP contribution in [-0.4, -0.2) is 45.4 Å². The highest BCUT2D eigenvalue weighted by Crippen LogP contribution is 2.40. The van der Waals surface area contributed by atoms with Crippen molar-refractivity contribution in [3.05, 3.63) is 17.7 Å². The van der Waals surface area contributed by atoms with E-state index in [-0.39, 0.29) is 0 Å². The minimum atomic E-state index is 0.374. The third-order valence-electron chi connectivity index (χ3n) is 5.36. The molecule has 23 heavy (non-hydrogen) atoms. The van der Waals surface area contributed by atoms with Crippen molar-refractivity contribution in [2.75, 3.05) is 34.4 Å². The minimum Gasteiger partial charge on any atom is -0.493 e. The highest BCUT2D eigenvalue weighted by atomic mass is 16.5. The zero-order valence-electron chi connectivity index (χ0n) is 14.4. The standard InChI is InChI=1S/C18H28N2O3/c1-21-16-7-12(8-17(22-2)18(16)23-3)9-20-10-13-5-4-6-15(19)14(13)11-20/h7-8,13-15H,4-6,9-11,19H2,1-3H3. The molecule has 1 aromatic carbocycles. The van der Waals surface area contributed by atoms with Gasteiger partial charge in [-0.3, -0.25) is 4.90 Å². The summed E-state index contributed by atoms with van der Waals surface area (Å²) in [7, 11) is 4.95. The van der Waals surface area contributed by atoms with Gasteiger partial charge in [-0.2, -0.15) is 0 Å². The normalized spacial score (nSPS) is 27.6. The summed E-state index contributed by atoms with van der Waals surface area (Å²) >= 11 is 0. The van der Waals surface area contributed by atoms with Crippen LogP contribution in [0, 0.1) is 11.8 Å². The summed E-state index contributed by atoms with van der Waals surface area (Å²) in [5.74, 6) is 3.51. The summed E-state index contributed by atoms with van der Waals surface area (Å²) in [6, 6.07) is 4.46. The van der Waals surface area contributed by atoms with Gasteiger partial charge in [-0.05, 0) is 42.4 Å². The second-order valence-corrected chi connectivity index (χ2v) is 6.75. The van der Waals surface area contributed by atoms with Gasteiger partial charge in [0.1, 0.15) is 0 Å². The van der Waals surface area contributed by atoms with Gasteiger partial charge in [-0.25, -0.2) is 0 Å². The summed E-state index contributed by atoms with van der Waals surface area (Å²) in [4.78, 5) is 2.52. The van der Waals surface area contributed by atoms with Crippen LogP contribution in [0.4, 0.5) is 0 Å². The van der Waals surface area contributed by atoms with Crippen molar-refractivity contribution in [3.63, 3.8) is 0 Å². The number of hydrogen-bond acceptors (Lipinski definition) is 5. The largest absolute Gasteiger partial charge is 0.493 e. The molecule has 2 fully saturated rings. The van der Waals surface area contributed by atoms with Gasteiger partial charge in [-0.15, -0.1) is 0 Å². The van der Waals surface area contributed by atoms with Crippen molar-refractivity contribution in [3.8, 4) is 17.2 Å². The number of nitrogens with zero attached hydrogens (tertiary/aromatic N) is 1. The number of benzene rings is 1. The van der Waals surface area contributed by atoms with Crippen LogP contribution in [0.15, 0.2) is 12.1 Å². The maximum Gasteiger partial charge on any atom is 0.203 e. The monoisotopic (exact) mass is 320 g/mol. The molecule has 0 bridgehead atoms. The molecule has 128 valence electrons. The molecule has 1 aliphatic carbocycles. The van der Waals surface area contributed by atoms with Crippen LogP contribution in [-0.2, 0) is 6.54 Å². The Morgan fingerprint density at radius 2 is 1.74 bits per heavy atom. The third-order valence-corrected chi connectivity index (χ3v) is 5.36. The van der Waals surface area contributed by atoms with E-state index in [4.69, 9.17) is 19.9 Å². The SMILES string of the molecule is COc1cc(CN2CC3CCCC(N)C3C2)cc(OC)c1OC. The molecule has 1 aromatic rings. The average molecular weight is 320 g/mol. The van der Waals surface area contributed by atoms with Gasteiger partial charge in [0.05, 0.1) is 21.3 Å². The second kappa shape index (κ2) is 6.97. The van der Waals surface area contributed by atoms with E-state index >= 15 is 0 Å². The molecule has 5 nitrogen and oxygen atoms in total. The van der Waals surface area contributed by atoms with Gasteiger partial charge in [0.25, 0.3) is 0 Å². The fourth-order valence-corrected chi connectivity index (χ4v) is 4.22. The molecule has 5 heteroatoms. The Bertz CT molecular complexity index is 524. The Morgan fingerprint density at radius 1 is 1.04 bits per heavy atom. The molecule has 3 atom stereocenters. The molecule has 2 aliphatic rings. The fraction of sp³-hybridized carbons (Fsp3) is 0.667. The van der Waals surface area contributed by atoms with E-state index in [1.165, 1.54) is 24.8 Å². The number of likely N-dealkylation sites (tertiary alicyclic amines) is 1. The van der Waals surface area contributed by atoms with Gasteiger partial charge >= 0.3 is 0 Å². The Morgan fingerprint density at radius 3 is 2.30 bits per heavy atom. The molecule has 0 radical (unpaired) electrons. The summed E-state index contributed by atoms with van der Waals surface area (Å²) in [5.41, 5.74) is 7.51. The molecule has 1 heterocycles. The van der Waals surface area contributed by atoms with Crippen molar-refractivity contribution in [1.29, 1.82) is 0 Å². The molecule has 3 rings (SSSR count). The molecule has 0 amide bonds. The highest BCUT2D eigenvalue weighted by molar-refractivity contribution is 5.53. The van der Waals surface area contributed by atoms with Crippen molar-refractivity contribution >= 4 is 0 Å². The first-order chi connectivity index (χ1) is 11.2. The van der Waals surface area contributed by atoms with Crippen molar-refractivity contribution in [2.24, 2.45) is 17.6 Å². The summed E-state index contributed by atoms with van der Waals surface area (Å²) in [5, 5.41) is 0. The number of rotatable bonds is 5. The summed E-state index contributed by atoms with van der Waals surface area (Å²) in [6.45, 7) is 3.15. The molecule has 0 aromatic heterocycles. The van der Waals surface area contributed by atoms with Gasteiger partial charge in [0, 0.05) is 25.7 Å². The van der Waals surface area contributed by atoms with Crippen LogP contribution >= 0.6 is 0 Å². The third kappa shape index (κ3) is 3.26. The van der Waals surface area contributed by atoms with Gasteiger partial charge in [0.2, 0.25) is 5.75 Å². The van der Waals surface area contributed by atoms with Crippen molar-refractivity contribution in [1.82, 2.24) is 4.90 Å². The maximum atomic E-state index is 6.32. The molecular weight excluding hydrogens is 292 g/mol. The Hall–Kier alpha value is -1.46. The lowest BCUT2D eigenvalue weighted by molar-refractivity contribution is 0.259. The van der Waals surface area contributed by atoms with Gasteiger partial charge < -0.3 is 19.9 Å². The Kier molecular flexibility index (Phi) is 4.97. The number of hydrogen-bond donors (Lipinski definition) is 1. The minimum absolute atomic E-state index is 0.374. The van der Waals surface area contributed by atoms with Crippen LogP contribution in [0.2, 0.25) is 0 Å². The molecule has 1 saturated heterocycles. The molecule has 1 aliphatic heterocycles. The van der Waals surface area contributed by atoms with Crippen LogP contribution in [0.1, 0.15) is 24.8 Å². The predicted molar refractivity (Wildman–Crippen MR) is 90.2 cm³/mol. The Balaban J connectivity index is 1.75. The van der Waals surface area contributed by atoms with E-state index in [1.54, 1.807) is 21.3 Å². The van der Waals surface area contributed by atoms with Crippen molar-refractivity contribution < 1.29 is 14.2 Å². The van der Waals surface area contributed by atoms with E-state index in [2.05, 4.69) is 4.90 Å². The molecular formula is C18H28N2O3. The Labute approximate surface area is 138 Å². The highest BCUT2D eigenvalue weighted by Gasteiger charge is 2.38. The van der Waals surface area contributed by atoms with E-state index in [1.807, 2.05) is 12.1 Å². The quantitative estimate of drug-likeness (QED) is 0.902. The van der Waals surface area contributed by atoms with Gasteiger partial charge in [-0.1, -0.05) is 6.42 Å². The number of methoxy groups -OCH3 is 3. The second-order valence-electron chi connectivity index (χ2n) is 6.75. The number of ether oxygens (including phenoxy) is 3. The number of nitrogens with two attached hydrogens (primary N) is 1. The van der Waals surface area contributed by atoms with Crippen LogP contribution in [0.25, 0.3) is 0 Å². The molecule has 0 spiro atoms. The summed E-state index contributed by atoms with van der Waals surface area (Å²) < 4.78 is 16.3. The van der Waals surface area contributed by atoms with E-state index in [0.29, 0.717) is 17.7 Å². The van der Waals surface area contributed by atoms with Gasteiger partial charge in [0.15, 0.2) is 11.5 Å². The smallest absolute Gasteiger partial charge is 0.203 e. The van der Waals surface area contributed by atoms with E-state index in [9.17, 15) is 0 Å². The first kappa shape index (κ1) is 16.4. The topological polar surface area (TPSA) is 57.0 Å². The zero-order valence-corrected chi connectivity index (χ0v) is 14.4. The van der Waals surface area contributed by atoms with Crippen LogP contribution < -0.4 is 19.9 Å².